The molecule has 7 heteroatoms. The van der Waals surface area contributed by atoms with Crippen LogP contribution in [0.25, 0.3) is 0 Å². The second-order valence-electron chi connectivity index (χ2n) is 2.18. The molecule has 0 heterocycles. The minimum atomic E-state index is -4.32. The van der Waals surface area contributed by atoms with Gasteiger partial charge in [0.2, 0.25) is 0 Å². The lowest BCUT2D eigenvalue weighted by atomic mass is 10.4. The third-order valence-electron chi connectivity index (χ3n) is 0.972. The predicted octanol–water partition coefficient (Wildman–Crippen LogP) is -0.687. The van der Waals surface area contributed by atoms with Crippen molar-refractivity contribution in [1.29, 1.82) is 0 Å². The lowest BCUT2D eigenvalue weighted by Gasteiger charge is -2.01. The van der Waals surface area contributed by atoms with Crippen molar-refractivity contribution in [3.05, 3.63) is 11.0 Å². The minimum Gasteiger partial charge on any atom is -0.460 e. The molecule has 0 bridgehead atoms. The Morgan fingerprint density at radius 2 is 2.08 bits per heavy atom. The van der Waals surface area contributed by atoms with Crippen LogP contribution in [0.2, 0.25) is 0 Å². The smallest absolute Gasteiger partial charge is 0.334 e. The number of aliphatic hydroxyl groups is 1. The van der Waals surface area contributed by atoms with E-state index in [-0.39, 0.29) is 18.8 Å². The number of hydrogen-bond acceptors (Lipinski definition) is 5. The quantitative estimate of drug-likeness (QED) is 0.362. The van der Waals surface area contributed by atoms with Gasteiger partial charge in [-0.05, 0) is 6.92 Å². The van der Waals surface area contributed by atoms with E-state index in [9.17, 15) is 13.2 Å². The van der Waals surface area contributed by atoms with Crippen molar-refractivity contribution >= 4 is 16.1 Å². The van der Waals surface area contributed by atoms with Gasteiger partial charge in [-0.3, -0.25) is 4.55 Å². The van der Waals surface area contributed by atoms with Crippen LogP contribution >= 0.6 is 0 Å². The average molecular weight is 210 g/mol. The molecule has 0 aliphatic rings. The molecule has 0 amide bonds. The van der Waals surface area contributed by atoms with Crippen LogP contribution in [0, 0.1) is 0 Å². The number of esters is 1. The Labute approximate surface area is 75.6 Å². The van der Waals surface area contributed by atoms with E-state index in [2.05, 4.69) is 4.74 Å². The van der Waals surface area contributed by atoms with Gasteiger partial charge < -0.3 is 9.84 Å². The molecule has 0 spiro atoms. The molecular weight excluding hydrogens is 200 g/mol. The fraction of sp³-hybridized carbons (Fsp3) is 0.500. The summed E-state index contributed by atoms with van der Waals surface area (Å²) >= 11 is 0. The van der Waals surface area contributed by atoms with Crippen molar-refractivity contribution < 1.29 is 27.6 Å². The molecule has 0 aromatic heterocycles. The zero-order valence-corrected chi connectivity index (χ0v) is 7.74. The van der Waals surface area contributed by atoms with Crippen molar-refractivity contribution in [2.45, 2.75) is 6.92 Å². The molecule has 0 unspecified atom stereocenters. The summed E-state index contributed by atoms with van der Waals surface area (Å²) in [6.07, 6.45) is 0. The highest BCUT2D eigenvalue weighted by atomic mass is 32.2. The number of aliphatic hydroxyl groups excluding tert-OH is 1. The third-order valence-corrected chi connectivity index (χ3v) is 1.62. The summed E-state index contributed by atoms with van der Waals surface area (Å²) in [7, 11) is -4.32. The average Bonchev–Trinajstić information content (AvgIpc) is 1.96. The highest BCUT2D eigenvalue weighted by Crippen LogP contribution is 1.99. The minimum absolute atomic E-state index is 0.213. The summed E-state index contributed by atoms with van der Waals surface area (Å²) < 4.78 is 33.2. The van der Waals surface area contributed by atoms with Crippen LogP contribution in [0.15, 0.2) is 11.0 Å². The molecular formula is C6H10O6S. The van der Waals surface area contributed by atoms with Crippen LogP contribution in [0.1, 0.15) is 6.92 Å². The first-order valence-corrected chi connectivity index (χ1v) is 4.81. The predicted molar refractivity (Wildman–Crippen MR) is 43.4 cm³/mol. The normalized spacial score (nSPS) is 12.7. The SMILES string of the molecule is CC(=CS(=O)(=O)O)C(=O)OCCO. The zero-order valence-electron chi connectivity index (χ0n) is 6.93. The zero-order chi connectivity index (χ0) is 10.5. The summed E-state index contributed by atoms with van der Waals surface area (Å²) in [5.74, 6) is -0.897. The van der Waals surface area contributed by atoms with Gasteiger partial charge in [-0.2, -0.15) is 8.42 Å². The van der Waals surface area contributed by atoms with Gasteiger partial charge >= 0.3 is 5.97 Å². The Bertz CT molecular complexity index is 301. The van der Waals surface area contributed by atoms with Crippen molar-refractivity contribution in [3.8, 4) is 0 Å². The van der Waals surface area contributed by atoms with Crippen molar-refractivity contribution in [3.63, 3.8) is 0 Å². The van der Waals surface area contributed by atoms with E-state index < -0.39 is 16.1 Å². The van der Waals surface area contributed by atoms with E-state index in [1.54, 1.807) is 0 Å². The highest BCUT2D eigenvalue weighted by molar-refractivity contribution is 7.88. The first-order valence-electron chi connectivity index (χ1n) is 3.30. The fourth-order valence-electron chi connectivity index (χ4n) is 0.524. The van der Waals surface area contributed by atoms with E-state index in [0.717, 1.165) is 0 Å². The van der Waals surface area contributed by atoms with E-state index in [1.807, 2.05) is 0 Å². The Balaban J connectivity index is 4.35. The maximum Gasteiger partial charge on any atom is 0.334 e. The molecule has 0 radical (unpaired) electrons. The van der Waals surface area contributed by atoms with E-state index >= 15 is 0 Å². The fourth-order valence-corrected chi connectivity index (χ4v) is 1.07. The molecule has 0 rings (SSSR count). The number of ether oxygens (including phenoxy) is 1. The Morgan fingerprint density at radius 3 is 2.46 bits per heavy atom. The molecule has 0 saturated heterocycles. The van der Waals surface area contributed by atoms with Crippen molar-refractivity contribution in [1.82, 2.24) is 0 Å². The molecule has 0 aromatic rings. The van der Waals surface area contributed by atoms with E-state index in [4.69, 9.17) is 9.66 Å². The molecule has 6 nitrogen and oxygen atoms in total. The molecule has 13 heavy (non-hydrogen) atoms. The van der Waals surface area contributed by atoms with Gasteiger partial charge in [-0.1, -0.05) is 0 Å². The van der Waals surface area contributed by atoms with Crippen molar-refractivity contribution in [2.75, 3.05) is 13.2 Å². The largest absolute Gasteiger partial charge is 0.460 e. The summed E-state index contributed by atoms with van der Waals surface area (Å²) in [6, 6.07) is 0. The number of hydrogen-bond donors (Lipinski definition) is 2. The lowest BCUT2D eigenvalue weighted by Crippen LogP contribution is -2.10. The number of rotatable bonds is 4. The highest BCUT2D eigenvalue weighted by Gasteiger charge is 2.09. The maximum atomic E-state index is 10.8. The Morgan fingerprint density at radius 1 is 1.54 bits per heavy atom. The first kappa shape index (κ1) is 12.1. The van der Waals surface area contributed by atoms with E-state index in [1.165, 1.54) is 6.92 Å². The van der Waals surface area contributed by atoms with Crippen LogP contribution in [0.5, 0.6) is 0 Å². The van der Waals surface area contributed by atoms with Crippen molar-refractivity contribution in [2.24, 2.45) is 0 Å². The monoisotopic (exact) mass is 210 g/mol. The Kier molecular flexibility index (Phi) is 4.60. The number of carbonyl (C=O) groups is 1. The molecule has 0 atom stereocenters. The number of carbonyl (C=O) groups excluding carboxylic acids is 1. The molecule has 76 valence electrons. The molecule has 0 aliphatic carbocycles. The van der Waals surface area contributed by atoms with Gasteiger partial charge in [0.25, 0.3) is 10.1 Å². The van der Waals surface area contributed by atoms with Gasteiger partial charge in [0, 0.05) is 5.57 Å². The van der Waals surface area contributed by atoms with Crippen LogP contribution in [0.4, 0.5) is 0 Å². The van der Waals surface area contributed by atoms with Gasteiger partial charge in [-0.25, -0.2) is 4.79 Å². The second kappa shape index (κ2) is 4.95. The summed E-state index contributed by atoms with van der Waals surface area (Å²) in [4.78, 5) is 10.8. The van der Waals surface area contributed by atoms with E-state index in [0.29, 0.717) is 5.41 Å². The van der Waals surface area contributed by atoms with Crippen LogP contribution in [-0.4, -0.2) is 37.3 Å². The third kappa shape index (κ3) is 6.26. The molecule has 0 aromatic carbocycles. The molecule has 2 N–H and O–H groups in total. The first-order chi connectivity index (χ1) is 5.87. The topological polar surface area (TPSA) is 101 Å². The Hall–Kier alpha value is -0.920. The van der Waals surface area contributed by atoms with Crippen LogP contribution < -0.4 is 0 Å². The standard InChI is InChI=1S/C6H10O6S/c1-5(4-13(9,10)11)6(8)12-3-2-7/h4,7H,2-3H2,1H3,(H,9,10,11). The second-order valence-corrected chi connectivity index (χ2v) is 3.44. The van der Waals surface area contributed by atoms with Gasteiger partial charge in [0.1, 0.15) is 6.61 Å². The van der Waals surface area contributed by atoms with Gasteiger partial charge in [-0.15, -0.1) is 0 Å². The van der Waals surface area contributed by atoms with Gasteiger partial charge in [0.15, 0.2) is 0 Å². The van der Waals surface area contributed by atoms with Crippen LogP contribution in [0.3, 0.4) is 0 Å². The van der Waals surface area contributed by atoms with Crippen LogP contribution in [-0.2, 0) is 19.6 Å². The maximum absolute atomic E-state index is 10.8. The summed E-state index contributed by atoms with van der Waals surface area (Å²) in [6.45, 7) is 0.619. The lowest BCUT2D eigenvalue weighted by molar-refractivity contribution is -0.139. The van der Waals surface area contributed by atoms with Gasteiger partial charge in [0.05, 0.1) is 12.0 Å². The molecule has 0 aliphatic heterocycles. The summed E-state index contributed by atoms with van der Waals surface area (Å²) in [5, 5.41) is 8.65. The summed E-state index contributed by atoms with van der Waals surface area (Å²) in [5.41, 5.74) is -0.254. The molecule has 0 fully saturated rings. The molecule has 0 saturated carbocycles.